The minimum absolute atomic E-state index is 0.150. The van der Waals surface area contributed by atoms with E-state index in [1.165, 1.54) is 0 Å². The number of hydrogen-bond donors (Lipinski definition) is 2. The van der Waals surface area contributed by atoms with Crippen LogP contribution < -0.4 is 10.5 Å². The number of sulfonamides is 1. The van der Waals surface area contributed by atoms with Crippen molar-refractivity contribution < 1.29 is 26.4 Å². The van der Waals surface area contributed by atoms with E-state index in [-0.39, 0.29) is 17.0 Å². The molecule has 0 aromatic heterocycles. The van der Waals surface area contributed by atoms with Crippen LogP contribution in [0.2, 0.25) is 0 Å². The number of carbonyl (C=O) groups excluding carboxylic acids is 1. The average Bonchev–Trinajstić information content (AvgIpc) is 2.68. The fourth-order valence-corrected chi connectivity index (χ4v) is 5.93. The number of carbonyl (C=O) groups is 1. The fourth-order valence-electron chi connectivity index (χ4n) is 4.76. The average molecular weight is 443 g/mol. The molecule has 1 aromatic carbocycles. The van der Waals surface area contributed by atoms with Crippen molar-refractivity contribution in [1.82, 2.24) is 0 Å². The highest BCUT2D eigenvalue weighted by Crippen LogP contribution is 2.59. The second-order valence-corrected chi connectivity index (χ2v) is 10.2. The zero-order chi connectivity index (χ0) is 22.4. The number of rotatable bonds is 6. The molecule has 164 valence electrons. The lowest BCUT2D eigenvalue weighted by Gasteiger charge is -2.51. The molecule has 0 aliphatic heterocycles. The molecule has 2 bridgehead atoms. The summed E-state index contributed by atoms with van der Waals surface area (Å²) in [6, 6.07) is 3.90. The molecular formula is C20H24F3N3O3S. The van der Waals surface area contributed by atoms with Crippen LogP contribution in [0.3, 0.4) is 0 Å². The number of nitriles is 1. The Hall–Kier alpha value is -2.28. The van der Waals surface area contributed by atoms with Crippen LogP contribution in [0.25, 0.3) is 0 Å². The number of fused-ring (bicyclic) bond motifs is 3. The van der Waals surface area contributed by atoms with Gasteiger partial charge in [0.2, 0.25) is 10.0 Å². The Kier molecular flexibility index (Phi) is 5.56. The Bertz CT molecular complexity index is 988. The zero-order valence-corrected chi connectivity index (χ0v) is 17.4. The van der Waals surface area contributed by atoms with Crippen molar-refractivity contribution in [3.8, 4) is 6.07 Å². The first-order valence-electron chi connectivity index (χ1n) is 9.84. The van der Waals surface area contributed by atoms with Crippen LogP contribution in [0, 0.1) is 16.7 Å². The van der Waals surface area contributed by atoms with E-state index in [0.717, 1.165) is 6.07 Å². The lowest BCUT2D eigenvalue weighted by atomic mass is 9.52. The van der Waals surface area contributed by atoms with Crippen LogP contribution in [-0.2, 0) is 21.6 Å². The van der Waals surface area contributed by atoms with Crippen molar-refractivity contribution in [1.29, 1.82) is 5.26 Å². The number of amides is 1. The molecule has 3 fully saturated rings. The normalized spacial score (nSPS) is 26.2. The van der Waals surface area contributed by atoms with Crippen LogP contribution in [0.5, 0.6) is 0 Å². The molecule has 0 spiro atoms. The molecule has 0 saturated heterocycles. The fraction of sp³-hybridized carbons (Fsp3) is 0.600. The number of anilines is 1. The Labute approximate surface area is 173 Å². The predicted molar refractivity (Wildman–Crippen MR) is 105 cm³/mol. The first-order valence-corrected chi connectivity index (χ1v) is 11.5. The number of primary amides is 1. The first-order chi connectivity index (χ1) is 13.9. The van der Waals surface area contributed by atoms with Gasteiger partial charge in [0.1, 0.15) is 0 Å². The van der Waals surface area contributed by atoms with Gasteiger partial charge in [-0.15, -0.1) is 0 Å². The predicted octanol–water partition coefficient (Wildman–Crippen LogP) is 4.07. The number of nitrogens with two attached hydrogens (primary N) is 1. The van der Waals surface area contributed by atoms with E-state index in [4.69, 9.17) is 5.73 Å². The van der Waals surface area contributed by atoms with Crippen molar-refractivity contribution in [2.75, 3.05) is 10.5 Å². The highest BCUT2D eigenvalue weighted by Gasteiger charge is 2.51. The summed E-state index contributed by atoms with van der Waals surface area (Å²) in [4.78, 5) is 12.1. The quantitative estimate of drug-likeness (QED) is 0.690. The van der Waals surface area contributed by atoms with Crippen molar-refractivity contribution in [2.24, 2.45) is 11.1 Å². The molecule has 10 heteroatoms. The van der Waals surface area contributed by atoms with Gasteiger partial charge in [-0.25, -0.2) is 8.42 Å². The van der Waals surface area contributed by atoms with Crippen molar-refractivity contribution in [2.45, 2.75) is 63.5 Å². The van der Waals surface area contributed by atoms with E-state index in [0.29, 0.717) is 51.0 Å². The van der Waals surface area contributed by atoms with Crippen LogP contribution in [0.4, 0.5) is 18.9 Å². The van der Waals surface area contributed by atoms with Gasteiger partial charge in [0.05, 0.1) is 34.1 Å². The van der Waals surface area contributed by atoms with E-state index in [2.05, 4.69) is 10.8 Å². The van der Waals surface area contributed by atoms with Gasteiger partial charge in [-0.2, -0.15) is 18.4 Å². The molecule has 3 N–H and O–H groups in total. The second kappa shape index (κ2) is 7.45. The molecule has 3 aliphatic carbocycles. The van der Waals surface area contributed by atoms with Crippen molar-refractivity contribution in [3.05, 3.63) is 28.8 Å². The largest absolute Gasteiger partial charge is 0.416 e. The third kappa shape index (κ3) is 4.00. The maximum Gasteiger partial charge on any atom is 0.416 e. The molecule has 4 rings (SSSR count). The molecule has 0 atom stereocenters. The molecule has 3 aliphatic rings. The van der Waals surface area contributed by atoms with E-state index in [1.807, 2.05) is 0 Å². The van der Waals surface area contributed by atoms with Gasteiger partial charge in [-0.3, -0.25) is 9.52 Å². The lowest BCUT2D eigenvalue weighted by molar-refractivity contribution is -0.137. The highest BCUT2D eigenvalue weighted by molar-refractivity contribution is 7.92. The summed E-state index contributed by atoms with van der Waals surface area (Å²) >= 11 is 0. The van der Waals surface area contributed by atoms with E-state index < -0.39 is 44.1 Å². The molecular weight excluding hydrogens is 419 g/mol. The molecule has 6 nitrogen and oxygen atoms in total. The molecule has 3 saturated carbocycles. The summed E-state index contributed by atoms with van der Waals surface area (Å²) in [5.74, 6) is -1.37. The van der Waals surface area contributed by atoms with Crippen LogP contribution in [0.15, 0.2) is 12.1 Å². The third-order valence-electron chi connectivity index (χ3n) is 6.52. The summed E-state index contributed by atoms with van der Waals surface area (Å²) < 4.78 is 68.0. The van der Waals surface area contributed by atoms with E-state index in [1.54, 1.807) is 6.92 Å². The summed E-state index contributed by atoms with van der Waals surface area (Å²) in [5.41, 5.74) is 2.62. The Balaban J connectivity index is 2.23. The maximum atomic E-state index is 13.6. The van der Waals surface area contributed by atoms with Gasteiger partial charge in [0, 0.05) is 0 Å². The number of benzene rings is 1. The van der Waals surface area contributed by atoms with Crippen LogP contribution >= 0.6 is 0 Å². The minimum Gasteiger partial charge on any atom is -0.366 e. The number of alkyl halides is 3. The summed E-state index contributed by atoms with van der Waals surface area (Å²) in [5, 5.41) is 9.50. The Morgan fingerprint density at radius 2 is 1.77 bits per heavy atom. The van der Waals surface area contributed by atoms with Gasteiger partial charge >= 0.3 is 6.18 Å². The van der Waals surface area contributed by atoms with Gasteiger partial charge < -0.3 is 5.73 Å². The summed E-state index contributed by atoms with van der Waals surface area (Å²) in [7, 11) is -3.88. The van der Waals surface area contributed by atoms with Crippen molar-refractivity contribution in [3.63, 3.8) is 0 Å². The highest BCUT2D eigenvalue weighted by atomic mass is 32.2. The maximum absolute atomic E-state index is 13.6. The zero-order valence-electron chi connectivity index (χ0n) is 16.6. The summed E-state index contributed by atoms with van der Waals surface area (Å²) in [6.07, 6.45) is -1.52. The minimum atomic E-state index is -4.73. The van der Waals surface area contributed by atoms with Gasteiger partial charge in [-0.05, 0) is 68.1 Å². The topological polar surface area (TPSA) is 113 Å². The Morgan fingerprint density at radius 3 is 2.20 bits per heavy atom. The third-order valence-corrected chi connectivity index (χ3v) is 7.98. The number of nitrogens with one attached hydrogen (secondary N) is 1. The first kappa shape index (κ1) is 22.4. The van der Waals surface area contributed by atoms with Gasteiger partial charge in [0.25, 0.3) is 5.91 Å². The molecule has 0 unspecified atom stereocenters. The van der Waals surface area contributed by atoms with Crippen LogP contribution in [0.1, 0.15) is 73.4 Å². The van der Waals surface area contributed by atoms with E-state index >= 15 is 0 Å². The standard InChI is InChI=1S/C20H24F3N3O3S/c1-2-9-30(28,29)26-16-14(17(25)27)10-13(20(21,22)23)11-15(16)19-6-3-18(12-24,4-7-19)5-8-19/h10-11,26H,2-9H2,1H3,(H2,25,27). The molecule has 30 heavy (non-hydrogen) atoms. The van der Waals surface area contributed by atoms with Gasteiger partial charge in [-0.1, -0.05) is 6.92 Å². The number of halogens is 3. The van der Waals surface area contributed by atoms with Gasteiger partial charge in [0.15, 0.2) is 0 Å². The molecule has 0 radical (unpaired) electrons. The number of hydrogen-bond acceptors (Lipinski definition) is 4. The molecule has 1 amide bonds. The lowest BCUT2D eigenvalue weighted by Crippen LogP contribution is -2.44. The molecule has 0 heterocycles. The smallest absolute Gasteiger partial charge is 0.366 e. The SMILES string of the molecule is CCCS(=O)(=O)Nc1c(C(N)=O)cc(C(F)(F)F)cc1C12CCC(C#N)(CC1)CC2. The van der Waals surface area contributed by atoms with Crippen LogP contribution in [-0.4, -0.2) is 20.1 Å². The van der Waals surface area contributed by atoms with E-state index in [9.17, 15) is 31.6 Å². The monoisotopic (exact) mass is 443 g/mol. The number of nitrogens with zero attached hydrogens (tertiary/aromatic N) is 1. The molecule has 1 aromatic rings. The second-order valence-electron chi connectivity index (χ2n) is 8.40. The summed E-state index contributed by atoms with van der Waals surface area (Å²) in [6.45, 7) is 1.66. The van der Waals surface area contributed by atoms with Crippen molar-refractivity contribution >= 4 is 21.6 Å². The Morgan fingerprint density at radius 1 is 1.20 bits per heavy atom.